The number of ether oxygens (including phenoxy) is 1. The molecule has 0 atom stereocenters. The number of amides is 1. The summed E-state index contributed by atoms with van der Waals surface area (Å²) in [6.45, 7) is 3.80. The molecule has 1 amide bonds. The average molecular weight is 331 g/mol. The SMILES string of the molecule is Cc1ccc(C)c(NC(=O)/C(C#N)=C/c2ccc(OCC#N)cc2)c1. The van der Waals surface area contributed by atoms with E-state index in [1.807, 2.05) is 44.2 Å². The van der Waals surface area contributed by atoms with E-state index in [0.29, 0.717) is 17.0 Å². The zero-order chi connectivity index (χ0) is 18.2. The number of aryl methyl sites for hydroxylation is 2. The number of hydrogen-bond acceptors (Lipinski definition) is 4. The lowest BCUT2D eigenvalue weighted by Gasteiger charge is -2.09. The fourth-order valence-corrected chi connectivity index (χ4v) is 2.15. The van der Waals surface area contributed by atoms with E-state index < -0.39 is 5.91 Å². The molecule has 2 rings (SSSR count). The van der Waals surface area contributed by atoms with Gasteiger partial charge in [-0.05, 0) is 54.8 Å². The molecule has 0 aromatic heterocycles. The van der Waals surface area contributed by atoms with Gasteiger partial charge >= 0.3 is 0 Å². The largest absolute Gasteiger partial charge is 0.479 e. The van der Waals surface area contributed by atoms with Gasteiger partial charge in [0.25, 0.3) is 5.91 Å². The molecule has 0 bridgehead atoms. The van der Waals surface area contributed by atoms with E-state index in [4.69, 9.17) is 10.00 Å². The number of rotatable bonds is 5. The highest BCUT2D eigenvalue weighted by Crippen LogP contribution is 2.18. The molecule has 2 aromatic carbocycles. The number of anilines is 1. The molecule has 1 N–H and O–H groups in total. The first-order valence-corrected chi connectivity index (χ1v) is 7.63. The van der Waals surface area contributed by atoms with Crippen LogP contribution in [0.2, 0.25) is 0 Å². The van der Waals surface area contributed by atoms with E-state index in [9.17, 15) is 10.1 Å². The highest BCUT2D eigenvalue weighted by Gasteiger charge is 2.11. The van der Waals surface area contributed by atoms with Gasteiger partial charge in [0.05, 0.1) is 0 Å². The van der Waals surface area contributed by atoms with Gasteiger partial charge < -0.3 is 10.1 Å². The van der Waals surface area contributed by atoms with Crippen LogP contribution in [0.5, 0.6) is 5.75 Å². The molecule has 25 heavy (non-hydrogen) atoms. The number of nitrogens with one attached hydrogen (secondary N) is 1. The molecule has 0 fully saturated rings. The van der Waals surface area contributed by atoms with Crippen molar-refractivity contribution in [1.29, 1.82) is 10.5 Å². The van der Waals surface area contributed by atoms with Crippen molar-refractivity contribution in [1.82, 2.24) is 0 Å². The molecule has 2 aromatic rings. The van der Waals surface area contributed by atoms with Gasteiger partial charge in [-0.25, -0.2) is 0 Å². The quantitative estimate of drug-likeness (QED) is 0.668. The first kappa shape index (κ1) is 17.8. The molecule has 5 nitrogen and oxygen atoms in total. The van der Waals surface area contributed by atoms with Crippen molar-refractivity contribution >= 4 is 17.7 Å². The van der Waals surface area contributed by atoms with Crippen molar-refractivity contribution in [2.75, 3.05) is 11.9 Å². The topological polar surface area (TPSA) is 85.9 Å². The summed E-state index contributed by atoms with van der Waals surface area (Å²) >= 11 is 0. The molecule has 5 heteroatoms. The van der Waals surface area contributed by atoms with Crippen LogP contribution in [0.1, 0.15) is 16.7 Å². The number of nitrogens with zero attached hydrogens (tertiary/aromatic N) is 2. The van der Waals surface area contributed by atoms with Crippen LogP contribution in [-0.4, -0.2) is 12.5 Å². The maximum absolute atomic E-state index is 12.4. The fourth-order valence-electron chi connectivity index (χ4n) is 2.15. The summed E-state index contributed by atoms with van der Waals surface area (Å²) in [5.41, 5.74) is 3.33. The maximum Gasteiger partial charge on any atom is 0.266 e. The van der Waals surface area contributed by atoms with E-state index in [1.165, 1.54) is 6.08 Å². The van der Waals surface area contributed by atoms with Crippen LogP contribution in [0.4, 0.5) is 5.69 Å². The number of benzene rings is 2. The molecule has 0 heterocycles. The average Bonchev–Trinajstić information content (AvgIpc) is 2.61. The second kappa shape index (κ2) is 8.33. The Morgan fingerprint density at radius 1 is 1.16 bits per heavy atom. The predicted molar refractivity (Wildman–Crippen MR) is 95.7 cm³/mol. The Kier molecular flexibility index (Phi) is 5.92. The fraction of sp³-hybridized carbons (Fsp3) is 0.150. The predicted octanol–water partition coefficient (Wildman–Crippen LogP) is 3.75. The highest BCUT2D eigenvalue weighted by atomic mass is 16.5. The molecule has 0 aliphatic heterocycles. The molecule has 0 radical (unpaired) electrons. The van der Waals surface area contributed by atoms with Crippen LogP contribution < -0.4 is 10.1 Å². The lowest BCUT2D eigenvalue weighted by atomic mass is 10.1. The van der Waals surface area contributed by atoms with Gasteiger partial charge in [0.15, 0.2) is 6.61 Å². The summed E-state index contributed by atoms with van der Waals surface area (Å²) in [5.74, 6) is 0.0954. The molecule has 124 valence electrons. The van der Waals surface area contributed by atoms with Crippen molar-refractivity contribution in [2.45, 2.75) is 13.8 Å². The zero-order valence-electron chi connectivity index (χ0n) is 14.0. The first-order valence-electron chi connectivity index (χ1n) is 7.63. The van der Waals surface area contributed by atoms with Gasteiger partial charge in [0.1, 0.15) is 23.5 Å². The summed E-state index contributed by atoms with van der Waals surface area (Å²) in [4.78, 5) is 12.4. The lowest BCUT2D eigenvalue weighted by molar-refractivity contribution is -0.112. The van der Waals surface area contributed by atoms with E-state index in [0.717, 1.165) is 11.1 Å². The third kappa shape index (κ3) is 4.95. The van der Waals surface area contributed by atoms with Crippen LogP contribution in [0.3, 0.4) is 0 Å². The van der Waals surface area contributed by atoms with Gasteiger partial charge in [-0.2, -0.15) is 10.5 Å². The zero-order valence-corrected chi connectivity index (χ0v) is 14.0. The van der Waals surface area contributed by atoms with E-state index in [1.54, 1.807) is 24.3 Å². The first-order chi connectivity index (χ1) is 12.0. The minimum absolute atomic E-state index is 0.00611. The Bertz CT molecular complexity index is 885. The number of carbonyl (C=O) groups excluding carboxylic acids is 1. The van der Waals surface area contributed by atoms with Crippen LogP contribution in [0.25, 0.3) is 6.08 Å². The third-order valence-corrected chi connectivity index (χ3v) is 3.50. The second-order valence-electron chi connectivity index (χ2n) is 5.46. The monoisotopic (exact) mass is 331 g/mol. The third-order valence-electron chi connectivity index (χ3n) is 3.50. The van der Waals surface area contributed by atoms with Crippen molar-refractivity contribution < 1.29 is 9.53 Å². The molecular weight excluding hydrogens is 314 g/mol. The van der Waals surface area contributed by atoms with Crippen LogP contribution in [0, 0.1) is 36.5 Å². The molecule has 0 aliphatic rings. The Hall–Kier alpha value is -3.57. The van der Waals surface area contributed by atoms with Crippen molar-refractivity contribution in [2.24, 2.45) is 0 Å². The van der Waals surface area contributed by atoms with Gasteiger partial charge in [0.2, 0.25) is 0 Å². The molecule has 0 aliphatic carbocycles. The highest BCUT2D eigenvalue weighted by molar-refractivity contribution is 6.10. The summed E-state index contributed by atoms with van der Waals surface area (Å²) in [6, 6.07) is 16.4. The van der Waals surface area contributed by atoms with E-state index >= 15 is 0 Å². The second-order valence-corrected chi connectivity index (χ2v) is 5.46. The summed E-state index contributed by atoms with van der Waals surface area (Å²) in [5, 5.41) is 20.5. The van der Waals surface area contributed by atoms with Crippen LogP contribution >= 0.6 is 0 Å². The standard InChI is InChI=1S/C20H17N3O2/c1-14-3-4-15(2)19(11-14)23-20(24)17(13-22)12-16-5-7-18(8-6-16)25-10-9-21/h3-8,11-12H,10H2,1-2H3,(H,23,24)/b17-12+. The molecule has 0 spiro atoms. The normalized spacial score (nSPS) is 10.5. The summed E-state index contributed by atoms with van der Waals surface area (Å²) < 4.78 is 5.17. The molecule has 0 unspecified atom stereocenters. The van der Waals surface area contributed by atoms with Gasteiger partial charge in [-0.3, -0.25) is 4.79 Å². The molecule has 0 saturated carbocycles. The Balaban J connectivity index is 2.16. The van der Waals surface area contributed by atoms with Gasteiger partial charge in [-0.1, -0.05) is 24.3 Å². The molecular formula is C20H17N3O2. The summed E-state index contributed by atoms with van der Waals surface area (Å²) in [6.07, 6.45) is 1.51. The van der Waals surface area contributed by atoms with Crippen molar-refractivity contribution in [3.8, 4) is 17.9 Å². The minimum Gasteiger partial charge on any atom is -0.479 e. The van der Waals surface area contributed by atoms with Crippen molar-refractivity contribution in [3.05, 3.63) is 64.7 Å². The Morgan fingerprint density at radius 2 is 1.88 bits per heavy atom. The van der Waals surface area contributed by atoms with Gasteiger partial charge in [-0.15, -0.1) is 0 Å². The van der Waals surface area contributed by atoms with E-state index in [-0.39, 0.29) is 12.2 Å². The summed E-state index contributed by atoms with van der Waals surface area (Å²) in [7, 11) is 0. The number of hydrogen-bond donors (Lipinski definition) is 1. The molecule has 0 saturated heterocycles. The Labute approximate surface area is 146 Å². The lowest BCUT2D eigenvalue weighted by Crippen LogP contribution is -2.14. The number of nitriles is 2. The Morgan fingerprint density at radius 3 is 2.52 bits per heavy atom. The van der Waals surface area contributed by atoms with Crippen LogP contribution in [-0.2, 0) is 4.79 Å². The minimum atomic E-state index is -0.457. The maximum atomic E-state index is 12.4. The van der Waals surface area contributed by atoms with Crippen molar-refractivity contribution in [3.63, 3.8) is 0 Å². The van der Waals surface area contributed by atoms with Crippen LogP contribution in [0.15, 0.2) is 48.0 Å². The number of carbonyl (C=O) groups is 1. The van der Waals surface area contributed by atoms with E-state index in [2.05, 4.69) is 5.32 Å². The van der Waals surface area contributed by atoms with Gasteiger partial charge in [0, 0.05) is 5.69 Å². The smallest absolute Gasteiger partial charge is 0.266 e.